The lowest BCUT2D eigenvalue weighted by molar-refractivity contribution is -0.136. The number of halogens is 1. The number of nitrogens with one attached hydrogen (secondary N) is 1. The van der Waals surface area contributed by atoms with Gasteiger partial charge in [-0.1, -0.05) is 35.9 Å². The van der Waals surface area contributed by atoms with Gasteiger partial charge in [0.2, 0.25) is 11.8 Å². The molecule has 0 aromatic heterocycles. The number of carbonyl (C=O) groups excluding carboxylic acids is 2. The summed E-state index contributed by atoms with van der Waals surface area (Å²) in [6, 6.07) is 12.3. The van der Waals surface area contributed by atoms with Crippen molar-refractivity contribution in [3.05, 3.63) is 58.6 Å². The predicted molar refractivity (Wildman–Crippen MR) is 109 cm³/mol. The van der Waals surface area contributed by atoms with E-state index < -0.39 is 6.04 Å². The molecule has 1 saturated heterocycles. The van der Waals surface area contributed by atoms with Crippen LogP contribution in [0.2, 0.25) is 5.02 Å². The number of nitrogens with zero attached hydrogens (tertiary/aromatic N) is 1. The SMILES string of the molecule is CC(NC(=O)C1CCC(=O)N1Cc1ccccc1Cl)c1ccc2c(c1)OCCO2. The number of fused-ring (bicyclic) bond motifs is 1. The summed E-state index contributed by atoms with van der Waals surface area (Å²) in [5, 5.41) is 3.63. The molecule has 1 fully saturated rings. The largest absolute Gasteiger partial charge is 0.486 e. The lowest BCUT2D eigenvalue weighted by atomic mass is 10.1. The number of hydrogen-bond donors (Lipinski definition) is 1. The normalized spacial score (nSPS) is 19.2. The highest BCUT2D eigenvalue weighted by Crippen LogP contribution is 2.33. The maximum atomic E-state index is 13.0. The van der Waals surface area contributed by atoms with Gasteiger partial charge in [-0.05, 0) is 42.7 Å². The van der Waals surface area contributed by atoms with Crippen LogP contribution in [-0.2, 0) is 16.1 Å². The summed E-state index contributed by atoms with van der Waals surface area (Å²) >= 11 is 6.24. The number of carbonyl (C=O) groups is 2. The van der Waals surface area contributed by atoms with Crippen molar-refractivity contribution in [2.24, 2.45) is 0 Å². The molecule has 0 spiro atoms. The molecule has 2 heterocycles. The van der Waals surface area contributed by atoms with Gasteiger partial charge in [0.1, 0.15) is 19.3 Å². The van der Waals surface area contributed by atoms with Gasteiger partial charge in [0.25, 0.3) is 0 Å². The van der Waals surface area contributed by atoms with Gasteiger partial charge in [-0.3, -0.25) is 9.59 Å². The zero-order valence-corrected chi connectivity index (χ0v) is 16.9. The zero-order valence-electron chi connectivity index (χ0n) is 16.2. The number of hydrogen-bond acceptors (Lipinski definition) is 4. The summed E-state index contributed by atoms with van der Waals surface area (Å²) in [6.45, 7) is 3.29. The van der Waals surface area contributed by atoms with Gasteiger partial charge in [-0.15, -0.1) is 0 Å². The summed E-state index contributed by atoms with van der Waals surface area (Å²) in [4.78, 5) is 27.0. The quantitative estimate of drug-likeness (QED) is 0.813. The molecule has 29 heavy (non-hydrogen) atoms. The summed E-state index contributed by atoms with van der Waals surface area (Å²) in [6.07, 6.45) is 0.865. The third-order valence-corrected chi connectivity index (χ3v) is 5.72. The van der Waals surface area contributed by atoms with Gasteiger partial charge in [0.05, 0.1) is 6.04 Å². The summed E-state index contributed by atoms with van der Waals surface area (Å²) in [5.41, 5.74) is 1.76. The zero-order chi connectivity index (χ0) is 20.4. The van der Waals surface area contributed by atoms with Crippen molar-refractivity contribution in [2.75, 3.05) is 13.2 Å². The van der Waals surface area contributed by atoms with Crippen molar-refractivity contribution in [1.29, 1.82) is 0 Å². The smallest absolute Gasteiger partial charge is 0.243 e. The fourth-order valence-corrected chi connectivity index (χ4v) is 3.93. The number of ether oxygens (including phenoxy) is 2. The third kappa shape index (κ3) is 4.17. The minimum atomic E-state index is -0.501. The Morgan fingerprint density at radius 3 is 2.76 bits per heavy atom. The second-order valence-electron chi connectivity index (χ2n) is 7.30. The van der Waals surface area contributed by atoms with Crippen LogP contribution < -0.4 is 14.8 Å². The summed E-state index contributed by atoms with van der Waals surface area (Å²) < 4.78 is 11.2. The van der Waals surface area contributed by atoms with Crippen molar-refractivity contribution in [3.63, 3.8) is 0 Å². The Balaban J connectivity index is 1.45. The van der Waals surface area contributed by atoms with E-state index >= 15 is 0 Å². The molecule has 0 bridgehead atoms. The highest BCUT2D eigenvalue weighted by Gasteiger charge is 2.36. The van der Waals surface area contributed by atoms with Crippen LogP contribution in [0.3, 0.4) is 0 Å². The highest BCUT2D eigenvalue weighted by molar-refractivity contribution is 6.31. The summed E-state index contributed by atoms with van der Waals surface area (Å²) in [5.74, 6) is 1.21. The topological polar surface area (TPSA) is 67.9 Å². The van der Waals surface area contributed by atoms with Gasteiger partial charge < -0.3 is 19.7 Å². The Morgan fingerprint density at radius 1 is 1.21 bits per heavy atom. The van der Waals surface area contributed by atoms with Crippen LogP contribution >= 0.6 is 11.6 Å². The standard InChI is InChI=1S/C22H23ClN2O4/c1-14(15-6-8-19-20(12-15)29-11-10-28-19)24-22(27)18-7-9-21(26)25(18)13-16-4-2-3-5-17(16)23/h2-6,8,12,14,18H,7,9-11,13H2,1H3,(H,24,27). The minimum Gasteiger partial charge on any atom is -0.486 e. The van der Waals surface area contributed by atoms with Gasteiger partial charge in [0, 0.05) is 18.0 Å². The molecule has 2 unspecified atom stereocenters. The average molecular weight is 415 g/mol. The molecule has 2 aliphatic rings. The molecular formula is C22H23ClN2O4. The lowest BCUT2D eigenvalue weighted by Gasteiger charge is -2.26. The van der Waals surface area contributed by atoms with Crippen molar-refractivity contribution in [1.82, 2.24) is 10.2 Å². The van der Waals surface area contributed by atoms with E-state index in [2.05, 4.69) is 5.32 Å². The van der Waals surface area contributed by atoms with E-state index in [9.17, 15) is 9.59 Å². The predicted octanol–water partition coefficient (Wildman–Crippen LogP) is 3.48. The first-order chi connectivity index (χ1) is 14.0. The third-order valence-electron chi connectivity index (χ3n) is 5.35. The van der Waals surface area contributed by atoms with Gasteiger partial charge in [-0.25, -0.2) is 0 Å². The highest BCUT2D eigenvalue weighted by atomic mass is 35.5. The van der Waals surface area contributed by atoms with Crippen LogP contribution in [0.15, 0.2) is 42.5 Å². The van der Waals surface area contributed by atoms with E-state index in [0.717, 1.165) is 11.1 Å². The van der Waals surface area contributed by atoms with Gasteiger partial charge >= 0.3 is 0 Å². The Hall–Kier alpha value is -2.73. The molecule has 7 heteroatoms. The number of rotatable bonds is 5. The van der Waals surface area contributed by atoms with E-state index in [-0.39, 0.29) is 17.9 Å². The minimum absolute atomic E-state index is 0.0305. The molecule has 6 nitrogen and oxygen atoms in total. The van der Waals surface area contributed by atoms with Gasteiger partial charge in [0.15, 0.2) is 11.5 Å². The van der Waals surface area contributed by atoms with E-state index in [4.69, 9.17) is 21.1 Å². The Kier molecular flexibility index (Phi) is 5.62. The van der Waals surface area contributed by atoms with Gasteiger partial charge in [-0.2, -0.15) is 0 Å². The molecule has 2 aliphatic heterocycles. The fraction of sp³-hybridized carbons (Fsp3) is 0.364. The molecule has 2 aromatic rings. The Morgan fingerprint density at radius 2 is 1.97 bits per heavy atom. The molecule has 152 valence electrons. The summed E-state index contributed by atoms with van der Waals surface area (Å²) in [7, 11) is 0. The van der Waals surface area contributed by atoms with Crippen molar-refractivity contribution < 1.29 is 19.1 Å². The van der Waals surface area contributed by atoms with Crippen molar-refractivity contribution >= 4 is 23.4 Å². The number of benzene rings is 2. The molecule has 0 saturated carbocycles. The van der Waals surface area contributed by atoms with Crippen LogP contribution in [0.1, 0.15) is 36.9 Å². The Bertz CT molecular complexity index is 933. The van der Waals surface area contributed by atoms with Crippen molar-refractivity contribution in [3.8, 4) is 11.5 Å². The molecule has 2 atom stereocenters. The second-order valence-corrected chi connectivity index (χ2v) is 7.71. The number of likely N-dealkylation sites (tertiary alicyclic amines) is 1. The molecule has 1 N–H and O–H groups in total. The van der Waals surface area contributed by atoms with E-state index in [1.807, 2.05) is 43.3 Å². The fourth-order valence-electron chi connectivity index (χ4n) is 3.74. The first-order valence-electron chi connectivity index (χ1n) is 9.75. The Labute approximate surface area is 174 Å². The molecule has 2 aromatic carbocycles. The maximum absolute atomic E-state index is 13.0. The van der Waals surface area contributed by atoms with E-state index in [0.29, 0.717) is 49.1 Å². The molecule has 0 radical (unpaired) electrons. The molecule has 0 aliphatic carbocycles. The first-order valence-corrected chi connectivity index (χ1v) is 10.1. The van der Waals surface area contributed by atoms with Crippen LogP contribution in [0.4, 0.5) is 0 Å². The maximum Gasteiger partial charge on any atom is 0.243 e. The van der Waals surface area contributed by atoms with Crippen LogP contribution in [-0.4, -0.2) is 36.0 Å². The van der Waals surface area contributed by atoms with E-state index in [1.54, 1.807) is 11.0 Å². The average Bonchev–Trinajstić information content (AvgIpc) is 3.09. The van der Waals surface area contributed by atoms with Crippen molar-refractivity contribution in [2.45, 2.75) is 38.4 Å². The monoisotopic (exact) mass is 414 g/mol. The van der Waals surface area contributed by atoms with Crippen LogP contribution in [0, 0.1) is 0 Å². The van der Waals surface area contributed by atoms with Crippen LogP contribution in [0.25, 0.3) is 0 Å². The van der Waals surface area contributed by atoms with E-state index in [1.165, 1.54) is 0 Å². The second kappa shape index (κ2) is 8.33. The lowest BCUT2D eigenvalue weighted by Crippen LogP contribution is -2.45. The first kappa shape index (κ1) is 19.6. The molecule has 2 amide bonds. The number of amides is 2. The molecular weight excluding hydrogens is 392 g/mol. The van der Waals surface area contributed by atoms with Crippen LogP contribution in [0.5, 0.6) is 11.5 Å². The molecule has 4 rings (SSSR count).